The Morgan fingerprint density at radius 1 is 1.33 bits per heavy atom. The van der Waals surface area contributed by atoms with Gasteiger partial charge in [-0.25, -0.2) is 9.59 Å². The second kappa shape index (κ2) is 5.37. The van der Waals surface area contributed by atoms with E-state index >= 15 is 0 Å². The fourth-order valence-electron chi connectivity index (χ4n) is 3.11. The van der Waals surface area contributed by atoms with Gasteiger partial charge in [0.25, 0.3) is 0 Å². The molecule has 0 aliphatic carbocycles. The Bertz CT molecular complexity index is 575. The van der Waals surface area contributed by atoms with E-state index in [1.54, 1.807) is 12.0 Å². The molecule has 2 unspecified atom stereocenters. The molecule has 0 radical (unpaired) electrons. The molecule has 112 valence electrons. The van der Waals surface area contributed by atoms with Crippen molar-refractivity contribution in [1.29, 1.82) is 0 Å². The van der Waals surface area contributed by atoms with E-state index in [1.165, 1.54) is 4.90 Å². The predicted molar refractivity (Wildman–Crippen MR) is 76.4 cm³/mol. The number of aliphatic carboxylic acids is 1. The Hall–Kier alpha value is -2.08. The lowest BCUT2D eigenvalue weighted by Crippen LogP contribution is -2.47. The van der Waals surface area contributed by atoms with E-state index in [9.17, 15) is 14.7 Å². The standard InChI is InChI=1S/C15H18N2O4/c1-21-11-8-13(14(18)19)17(9-11)15(20)16-7-6-10-4-2-3-5-12(10)16/h2-5,11,13H,6-9H2,1H3,(H,18,19). The second-order valence-corrected chi connectivity index (χ2v) is 5.41. The van der Waals surface area contributed by atoms with E-state index in [4.69, 9.17) is 4.74 Å². The van der Waals surface area contributed by atoms with E-state index < -0.39 is 12.0 Å². The summed E-state index contributed by atoms with van der Waals surface area (Å²) in [5, 5.41) is 9.32. The van der Waals surface area contributed by atoms with E-state index in [0.717, 1.165) is 17.7 Å². The molecule has 0 saturated carbocycles. The number of hydrogen-bond acceptors (Lipinski definition) is 3. The van der Waals surface area contributed by atoms with Crippen LogP contribution in [0.1, 0.15) is 12.0 Å². The molecule has 1 N–H and O–H groups in total. The summed E-state index contributed by atoms with van der Waals surface area (Å²) in [6, 6.07) is 6.69. The number of carbonyl (C=O) groups excluding carboxylic acids is 1. The molecule has 2 amide bonds. The maximum atomic E-state index is 12.7. The Morgan fingerprint density at radius 2 is 2.10 bits per heavy atom. The van der Waals surface area contributed by atoms with Crippen LogP contribution in [0.25, 0.3) is 0 Å². The van der Waals surface area contributed by atoms with Crippen LogP contribution in [0.3, 0.4) is 0 Å². The molecule has 1 aromatic rings. The lowest BCUT2D eigenvalue weighted by molar-refractivity contribution is -0.141. The Labute approximate surface area is 122 Å². The molecular weight excluding hydrogens is 272 g/mol. The number of urea groups is 1. The lowest BCUT2D eigenvalue weighted by Gasteiger charge is -2.27. The van der Waals surface area contributed by atoms with E-state index in [2.05, 4.69) is 0 Å². The van der Waals surface area contributed by atoms with Gasteiger partial charge in [-0.15, -0.1) is 0 Å². The van der Waals surface area contributed by atoms with Crippen LogP contribution < -0.4 is 4.90 Å². The van der Waals surface area contributed by atoms with Crippen molar-refractivity contribution in [3.63, 3.8) is 0 Å². The molecule has 0 bridgehead atoms. The van der Waals surface area contributed by atoms with Crippen LogP contribution in [0.4, 0.5) is 10.5 Å². The fraction of sp³-hybridized carbons (Fsp3) is 0.467. The third-order valence-electron chi connectivity index (χ3n) is 4.24. The van der Waals surface area contributed by atoms with Crippen molar-refractivity contribution < 1.29 is 19.4 Å². The van der Waals surface area contributed by atoms with Gasteiger partial charge in [0.2, 0.25) is 0 Å². The zero-order valence-corrected chi connectivity index (χ0v) is 11.9. The number of rotatable bonds is 2. The average molecular weight is 290 g/mol. The van der Waals surface area contributed by atoms with Crippen LogP contribution in [0.5, 0.6) is 0 Å². The number of carboxylic acid groups (broad SMARTS) is 1. The number of anilines is 1. The van der Waals surface area contributed by atoms with Crippen molar-refractivity contribution in [3.8, 4) is 0 Å². The minimum Gasteiger partial charge on any atom is -0.480 e. The highest BCUT2D eigenvalue weighted by Gasteiger charge is 2.42. The molecule has 2 atom stereocenters. The van der Waals surface area contributed by atoms with Crippen LogP contribution in [-0.2, 0) is 16.0 Å². The van der Waals surface area contributed by atoms with Crippen LogP contribution in [0.2, 0.25) is 0 Å². The first-order valence-electron chi connectivity index (χ1n) is 7.03. The summed E-state index contributed by atoms with van der Waals surface area (Å²) in [6.07, 6.45) is 0.932. The first-order chi connectivity index (χ1) is 10.1. The van der Waals surface area contributed by atoms with Gasteiger partial charge in [0.15, 0.2) is 0 Å². The number of fused-ring (bicyclic) bond motifs is 1. The molecule has 0 aromatic heterocycles. The zero-order chi connectivity index (χ0) is 15.0. The molecule has 2 aliphatic rings. The SMILES string of the molecule is COC1CC(C(=O)O)N(C(=O)N2CCc3ccccc32)C1. The van der Waals surface area contributed by atoms with Crippen molar-refractivity contribution in [2.75, 3.05) is 25.1 Å². The highest BCUT2D eigenvalue weighted by atomic mass is 16.5. The lowest BCUT2D eigenvalue weighted by atomic mass is 10.2. The highest BCUT2D eigenvalue weighted by Crippen LogP contribution is 2.30. The number of hydrogen-bond donors (Lipinski definition) is 1. The van der Waals surface area contributed by atoms with Gasteiger partial charge in [-0.1, -0.05) is 18.2 Å². The first-order valence-corrected chi connectivity index (χ1v) is 7.03. The summed E-state index contributed by atoms with van der Waals surface area (Å²) >= 11 is 0. The van der Waals surface area contributed by atoms with Gasteiger partial charge in [-0.05, 0) is 18.1 Å². The largest absolute Gasteiger partial charge is 0.480 e. The first kappa shape index (κ1) is 13.9. The van der Waals surface area contributed by atoms with Crippen molar-refractivity contribution in [1.82, 2.24) is 4.90 Å². The monoisotopic (exact) mass is 290 g/mol. The number of likely N-dealkylation sites (tertiary alicyclic amines) is 1. The smallest absolute Gasteiger partial charge is 0.326 e. The summed E-state index contributed by atoms with van der Waals surface area (Å²) in [5.74, 6) is -0.976. The minimum absolute atomic E-state index is 0.215. The number of carboxylic acids is 1. The van der Waals surface area contributed by atoms with E-state index in [1.807, 2.05) is 24.3 Å². The number of benzene rings is 1. The third-order valence-corrected chi connectivity index (χ3v) is 4.24. The normalized spacial score (nSPS) is 24.2. The quantitative estimate of drug-likeness (QED) is 0.892. The Kier molecular flexibility index (Phi) is 3.55. The molecule has 2 heterocycles. The molecule has 0 spiro atoms. The summed E-state index contributed by atoms with van der Waals surface area (Å²) < 4.78 is 5.23. The van der Waals surface area contributed by atoms with Crippen LogP contribution in [-0.4, -0.2) is 54.4 Å². The molecule has 1 fully saturated rings. The second-order valence-electron chi connectivity index (χ2n) is 5.41. The number of amides is 2. The topological polar surface area (TPSA) is 70.1 Å². The van der Waals surface area contributed by atoms with E-state index in [-0.39, 0.29) is 12.1 Å². The van der Waals surface area contributed by atoms with Gasteiger partial charge >= 0.3 is 12.0 Å². The van der Waals surface area contributed by atoms with Crippen LogP contribution in [0, 0.1) is 0 Å². The van der Waals surface area contributed by atoms with Gasteiger partial charge in [0.1, 0.15) is 6.04 Å². The van der Waals surface area contributed by atoms with Crippen LogP contribution in [0.15, 0.2) is 24.3 Å². The van der Waals surface area contributed by atoms with Gasteiger partial charge in [-0.2, -0.15) is 0 Å². The Morgan fingerprint density at radius 3 is 2.81 bits per heavy atom. The summed E-state index contributed by atoms with van der Waals surface area (Å²) in [6.45, 7) is 0.920. The number of nitrogens with zero attached hydrogens (tertiary/aromatic N) is 2. The van der Waals surface area contributed by atoms with Crippen molar-refractivity contribution in [2.45, 2.75) is 25.0 Å². The number of para-hydroxylation sites is 1. The molecule has 3 rings (SSSR count). The number of methoxy groups -OCH3 is 1. The molecule has 6 nitrogen and oxygen atoms in total. The molecule has 1 aromatic carbocycles. The molecule has 2 aliphatic heterocycles. The highest BCUT2D eigenvalue weighted by molar-refractivity contribution is 5.96. The number of ether oxygens (including phenoxy) is 1. The fourth-order valence-corrected chi connectivity index (χ4v) is 3.11. The van der Waals surface area contributed by atoms with Gasteiger partial charge in [0.05, 0.1) is 6.10 Å². The third kappa shape index (κ3) is 2.35. The summed E-state index contributed by atoms with van der Waals surface area (Å²) in [5.41, 5.74) is 2.01. The molecule has 21 heavy (non-hydrogen) atoms. The van der Waals surface area contributed by atoms with Crippen molar-refractivity contribution in [3.05, 3.63) is 29.8 Å². The van der Waals surface area contributed by atoms with E-state index in [0.29, 0.717) is 19.5 Å². The molecular formula is C15H18N2O4. The zero-order valence-electron chi connectivity index (χ0n) is 11.9. The maximum Gasteiger partial charge on any atom is 0.326 e. The predicted octanol–water partition coefficient (Wildman–Crippen LogP) is 1.34. The molecule has 1 saturated heterocycles. The summed E-state index contributed by atoms with van der Waals surface area (Å²) in [4.78, 5) is 27.2. The minimum atomic E-state index is -0.976. The van der Waals surface area contributed by atoms with Crippen molar-refractivity contribution >= 4 is 17.7 Å². The van der Waals surface area contributed by atoms with Crippen molar-refractivity contribution in [2.24, 2.45) is 0 Å². The average Bonchev–Trinajstić information content (AvgIpc) is 3.10. The Balaban J connectivity index is 1.83. The van der Waals surface area contributed by atoms with Gasteiger partial charge in [0, 0.05) is 32.3 Å². The molecule has 6 heteroatoms. The van der Waals surface area contributed by atoms with Gasteiger partial charge < -0.3 is 14.7 Å². The van der Waals surface area contributed by atoms with Crippen LogP contribution >= 0.6 is 0 Å². The van der Waals surface area contributed by atoms with Gasteiger partial charge in [-0.3, -0.25) is 4.90 Å². The summed E-state index contributed by atoms with van der Waals surface area (Å²) in [7, 11) is 1.54. The number of carbonyl (C=O) groups is 2. The maximum absolute atomic E-state index is 12.7.